The Kier molecular flexibility index (Phi) is 4.71. The Morgan fingerprint density at radius 2 is 2.11 bits per heavy atom. The summed E-state index contributed by atoms with van der Waals surface area (Å²) in [5.41, 5.74) is 0.761. The van der Waals surface area contributed by atoms with Gasteiger partial charge in [-0.1, -0.05) is 23.7 Å². The van der Waals surface area contributed by atoms with Crippen LogP contribution in [-0.4, -0.2) is 12.0 Å². The van der Waals surface area contributed by atoms with E-state index in [2.05, 4.69) is 5.32 Å². The topological polar surface area (TPSA) is 42.2 Å². The molecule has 0 atom stereocenters. The number of ketones is 1. The number of anilines is 1. The summed E-state index contributed by atoms with van der Waals surface area (Å²) >= 11 is 7.49. The summed E-state index contributed by atoms with van der Waals surface area (Å²) in [6, 6.07) is 10.7. The lowest BCUT2D eigenvalue weighted by atomic mass is 10.3. The van der Waals surface area contributed by atoms with Crippen molar-refractivity contribution < 1.29 is 9.21 Å². The van der Waals surface area contributed by atoms with Crippen LogP contribution in [0.5, 0.6) is 0 Å². The van der Waals surface area contributed by atoms with Crippen LogP contribution in [0.4, 0.5) is 5.69 Å². The first-order valence-corrected chi connectivity index (χ1v) is 7.16. The summed E-state index contributed by atoms with van der Waals surface area (Å²) < 4.78 is 5.06. The third kappa shape index (κ3) is 3.66. The van der Waals surface area contributed by atoms with Crippen LogP contribution in [0.3, 0.4) is 0 Å². The van der Waals surface area contributed by atoms with Crippen molar-refractivity contribution >= 4 is 34.8 Å². The van der Waals surface area contributed by atoms with Gasteiger partial charge in [0.05, 0.1) is 22.0 Å². The summed E-state index contributed by atoms with van der Waals surface area (Å²) in [7, 11) is 0. The zero-order chi connectivity index (χ0) is 13.7. The summed E-state index contributed by atoms with van der Waals surface area (Å²) in [5.74, 6) is 0.126. The number of hydrogen-bond acceptors (Lipinski definition) is 4. The highest BCUT2D eigenvalue weighted by Gasteiger charge is 2.08. The molecular weight excluding hydrogens is 282 g/mol. The van der Waals surface area contributed by atoms with Crippen molar-refractivity contribution in [2.75, 3.05) is 11.6 Å². The molecule has 3 nitrogen and oxygen atoms in total. The SMILES string of the molecule is CSC(=CC(=O)c1ccco1)Nc1ccccc1Cl. The van der Waals surface area contributed by atoms with Crippen molar-refractivity contribution in [2.45, 2.75) is 0 Å². The summed E-state index contributed by atoms with van der Waals surface area (Å²) in [6.07, 6.45) is 4.85. The summed E-state index contributed by atoms with van der Waals surface area (Å²) in [5, 5.41) is 4.43. The number of halogens is 1. The van der Waals surface area contributed by atoms with Crippen molar-refractivity contribution in [3.63, 3.8) is 0 Å². The van der Waals surface area contributed by atoms with Gasteiger partial charge in [-0.15, -0.1) is 11.8 Å². The van der Waals surface area contributed by atoms with E-state index in [4.69, 9.17) is 16.0 Å². The van der Waals surface area contributed by atoms with Gasteiger partial charge in [-0.3, -0.25) is 4.79 Å². The average molecular weight is 294 g/mol. The van der Waals surface area contributed by atoms with Crippen molar-refractivity contribution in [3.8, 4) is 0 Å². The highest BCUT2D eigenvalue weighted by Crippen LogP contribution is 2.25. The number of nitrogens with one attached hydrogen (secondary N) is 1. The maximum atomic E-state index is 11.9. The van der Waals surface area contributed by atoms with Gasteiger partial charge in [0.25, 0.3) is 0 Å². The monoisotopic (exact) mass is 293 g/mol. The molecule has 2 aromatic rings. The second-order valence-corrected chi connectivity index (χ2v) is 4.91. The smallest absolute Gasteiger partial charge is 0.223 e. The van der Waals surface area contributed by atoms with Gasteiger partial charge in [-0.2, -0.15) is 0 Å². The number of benzene rings is 1. The van der Waals surface area contributed by atoms with E-state index in [0.717, 1.165) is 5.69 Å². The molecule has 19 heavy (non-hydrogen) atoms. The van der Waals surface area contributed by atoms with E-state index in [1.165, 1.54) is 24.1 Å². The number of allylic oxidation sites excluding steroid dienone is 1. The first-order valence-electron chi connectivity index (χ1n) is 5.56. The van der Waals surface area contributed by atoms with E-state index >= 15 is 0 Å². The predicted molar refractivity (Wildman–Crippen MR) is 79.7 cm³/mol. The van der Waals surface area contributed by atoms with Crippen LogP contribution < -0.4 is 5.32 Å². The van der Waals surface area contributed by atoms with Crippen molar-refractivity contribution in [3.05, 3.63) is 64.5 Å². The molecule has 98 valence electrons. The molecule has 0 bridgehead atoms. The van der Waals surface area contributed by atoms with E-state index < -0.39 is 0 Å². The third-order valence-corrected chi connectivity index (χ3v) is 3.37. The minimum atomic E-state index is -0.186. The molecular formula is C14H12ClNO2S. The van der Waals surface area contributed by atoms with Crippen molar-refractivity contribution in [2.24, 2.45) is 0 Å². The van der Waals surface area contributed by atoms with Crippen LogP contribution in [0.25, 0.3) is 0 Å². The summed E-state index contributed by atoms with van der Waals surface area (Å²) in [6.45, 7) is 0. The number of carbonyl (C=O) groups excluding carboxylic acids is 1. The zero-order valence-electron chi connectivity index (χ0n) is 10.2. The third-order valence-electron chi connectivity index (χ3n) is 2.38. The van der Waals surface area contributed by atoms with Gasteiger partial charge in [-0.05, 0) is 30.5 Å². The Morgan fingerprint density at radius 1 is 1.32 bits per heavy atom. The Balaban J connectivity index is 2.17. The van der Waals surface area contributed by atoms with Gasteiger partial charge in [0.2, 0.25) is 5.78 Å². The quantitative estimate of drug-likeness (QED) is 0.654. The largest absolute Gasteiger partial charge is 0.461 e. The predicted octanol–water partition coefficient (Wildman–Crippen LogP) is 4.43. The molecule has 0 saturated heterocycles. The second-order valence-electron chi connectivity index (χ2n) is 3.66. The molecule has 0 saturated carbocycles. The number of furan rings is 1. The fraction of sp³-hybridized carbons (Fsp3) is 0.0714. The fourth-order valence-corrected chi connectivity index (χ4v) is 2.07. The molecule has 0 aliphatic heterocycles. The first kappa shape index (κ1) is 13.8. The zero-order valence-corrected chi connectivity index (χ0v) is 11.8. The van der Waals surface area contributed by atoms with E-state index in [-0.39, 0.29) is 5.78 Å². The highest BCUT2D eigenvalue weighted by molar-refractivity contribution is 8.02. The van der Waals surface area contributed by atoms with Crippen molar-refractivity contribution in [1.29, 1.82) is 0 Å². The number of hydrogen-bond donors (Lipinski definition) is 1. The molecule has 1 heterocycles. The fourth-order valence-electron chi connectivity index (χ4n) is 1.45. The second kappa shape index (κ2) is 6.50. The minimum absolute atomic E-state index is 0.186. The lowest BCUT2D eigenvalue weighted by Crippen LogP contribution is -2.01. The van der Waals surface area contributed by atoms with Crippen LogP contribution in [-0.2, 0) is 0 Å². The molecule has 1 N–H and O–H groups in total. The summed E-state index contributed by atoms with van der Waals surface area (Å²) in [4.78, 5) is 11.9. The number of thioether (sulfide) groups is 1. The Bertz CT molecular complexity index is 593. The standard InChI is InChI=1S/C14H12ClNO2S/c1-19-14(9-12(17)13-7-4-8-18-13)16-11-6-3-2-5-10(11)15/h2-9,16H,1H3. The lowest BCUT2D eigenvalue weighted by Gasteiger charge is -2.09. The van der Waals surface area contributed by atoms with E-state index in [1.54, 1.807) is 18.2 Å². The minimum Gasteiger partial charge on any atom is -0.461 e. The van der Waals surface area contributed by atoms with Crippen LogP contribution >= 0.6 is 23.4 Å². The van der Waals surface area contributed by atoms with Gasteiger partial charge in [0, 0.05) is 6.08 Å². The van der Waals surface area contributed by atoms with Gasteiger partial charge < -0.3 is 9.73 Å². The maximum Gasteiger partial charge on any atom is 0.223 e. The average Bonchev–Trinajstić information content (AvgIpc) is 2.94. The van der Waals surface area contributed by atoms with E-state index in [9.17, 15) is 4.79 Å². The van der Waals surface area contributed by atoms with Crippen LogP contribution in [0, 0.1) is 0 Å². The number of rotatable bonds is 5. The molecule has 0 unspecified atom stereocenters. The number of carbonyl (C=O) groups is 1. The molecule has 0 amide bonds. The molecule has 2 rings (SSSR count). The van der Waals surface area contributed by atoms with E-state index in [0.29, 0.717) is 15.8 Å². The Hall–Kier alpha value is -1.65. The van der Waals surface area contributed by atoms with Gasteiger partial charge in [-0.25, -0.2) is 0 Å². The lowest BCUT2D eigenvalue weighted by molar-refractivity contribution is 0.102. The number of para-hydroxylation sites is 1. The van der Waals surface area contributed by atoms with Gasteiger partial charge >= 0.3 is 0 Å². The van der Waals surface area contributed by atoms with Gasteiger partial charge in [0.15, 0.2) is 5.76 Å². The molecule has 0 fully saturated rings. The first-order chi connectivity index (χ1) is 9.20. The highest BCUT2D eigenvalue weighted by atomic mass is 35.5. The molecule has 0 aliphatic carbocycles. The molecule has 0 spiro atoms. The molecule has 0 aliphatic rings. The molecule has 1 aromatic heterocycles. The van der Waals surface area contributed by atoms with Gasteiger partial charge in [0.1, 0.15) is 0 Å². The molecule has 1 aromatic carbocycles. The van der Waals surface area contributed by atoms with Crippen LogP contribution in [0.2, 0.25) is 5.02 Å². The maximum absolute atomic E-state index is 11.9. The molecule has 0 radical (unpaired) electrons. The van der Waals surface area contributed by atoms with Crippen LogP contribution in [0.15, 0.2) is 58.2 Å². The van der Waals surface area contributed by atoms with E-state index in [1.807, 2.05) is 24.5 Å². The van der Waals surface area contributed by atoms with Crippen molar-refractivity contribution in [1.82, 2.24) is 0 Å². The molecule has 5 heteroatoms. The Morgan fingerprint density at radius 3 is 2.74 bits per heavy atom. The normalized spacial score (nSPS) is 11.4. The van der Waals surface area contributed by atoms with Crippen LogP contribution in [0.1, 0.15) is 10.6 Å². The Labute approximate surface area is 120 Å².